The quantitative estimate of drug-likeness (QED) is 0.189. The van der Waals surface area contributed by atoms with Crippen molar-refractivity contribution in [2.75, 3.05) is 11.5 Å². The van der Waals surface area contributed by atoms with Crippen LogP contribution in [0.2, 0.25) is 0 Å². The number of carbonyl (C=O) groups excluding carboxylic acids is 3. The fourth-order valence-electron chi connectivity index (χ4n) is 5.39. The average Bonchev–Trinajstić information content (AvgIpc) is 3.47. The van der Waals surface area contributed by atoms with Crippen LogP contribution in [-0.2, 0) is 20.9 Å². The molecule has 1 saturated heterocycles. The number of thiazole rings is 1. The van der Waals surface area contributed by atoms with E-state index in [0.29, 0.717) is 39.1 Å². The van der Waals surface area contributed by atoms with E-state index in [1.165, 1.54) is 16.7 Å². The SMILES string of the molecule is CCOC(=O)c1ccc(N2C(=O)[C@H]3[C@H](c4cc(Br)ccc4OCc4ccccc4C)c4sc(=O)[nH]c4S[C@H]3C2=O)cc1. The molecule has 2 aliphatic rings. The number of carbonyl (C=O) groups is 3. The molecule has 11 heteroatoms. The first-order valence-electron chi connectivity index (χ1n) is 13.3. The molecular formula is C31H25BrN2O6S2. The summed E-state index contributed by atoms with van der Waals surface area (Å²) >= 11 is 5.82. The monoisotopic (exact) mass is 664 g/mol. The van der Waals surface area contributed by atoms with Gasteiger partial charge in [-0.05, 0) is 67.4 Å². The molecule has 0 unspecified atom stereocenters. The Kier molecular flexibility index (Phi) is 7.82. The normalized spacial score (nSPS) is 19.4. The van der Waals surface area contributed by atoms with Gasteiger partial charge in [0.2, 0.25) is 11.8 Å². The lowest BCUT2D eigenvalue weighted by molar-refractivity contribution is -0.122. The van der Waals surface area contributed by atoms with Gasteiger partial charge in [-0.25, -0.2) is 9.69 Å². The maximum atomic E-state index is 14.2. The van der Waals surface area contributed by atoms with Gasteiger partial charge >= 0.3 is 10.8 Å². The molecule has 3 atom stereocenters. The number of hydrogen-bond acceptors (Lipinski definition) is 8. The first-order chi connectivity index (χ1) is 20.3. The number of aromatic amines is 1. The van der Waals surface area contributed by atoms with Crippen LogP contribution in [0.4, 0.5) is 5.69 Å². The third-order valence-corrected chi connectivity index (χ3v) is 10.3. The highest BCUT2D eigenvalue weighted by Gasteiger charge is 2.56. The lowest BCUT2D eigenvalue weighted by atomic mass is 9.82. The third kappa shape index (κ3) is 5.10. The zero-order valence-electron chi connectivity index (χ0n) is 22.6. The molecule has 8 nitrogen and oxygen atoms in total. The van der Waals surface area contributed by atoms with E-state index in [9.17, 15) is 19.2 Å². The smallest absolute Gasteiger partial charge is 0.338 e. The third-order valence-electron chi connectivity index (χ3n) is 7.41. The van der Waals surface area contributed by atoms with Gasteiger partial charge in [-0.3, -0.25) is 14.4 Å². The van der Waals surface area contributed by atoms with Crippen molar-refractivity contribution in [1.29, 1.82) is 0 Å². The first-order valence-corrected chi connectivity index (χ1v) is 15.8. The molecule has 1 aromatic heterocycles. The second kappa shape index (κ2) is 11.5. The number of nitrogens with one attached hydrogen (secondary N) is 1. The highest BCUT2D eigenvalue weighted by molar-refractivity contribution is 9.10. The van der Waals surface area contributed by atoms with Crippen molar-refractivity contribution in [3.8, 4) is 5.75 Å². The number of nitrogens with zero attached hydrogens (tertiary/aromatic N) is 1. The van der Waals surface area contributed by atoms with E-state index >= 15 is 0 Å². The number of aromatic nitrogens is 1. The Morgan fingerprint density at radius 1 is 1.02 bits per heavy atom. The Hall–Kier alpha value is -3.67. The highest BCUT2D eigenvalue weighted by atomic mass is 79.9. The minimum atomic E-state index is -0.777. The van der Waals surface area contributed by atoms with Gasteiger partial charge in [0.1, 0.15) is 17.6 Å². The Labute approximate surface area is 258 Å². The van der Waals surface area contributed by atoms with Crippen LogP contribution in [0.5, 0.6) is 5.75 Å². The molecule has 42 heavy (non-hydrogen) atoms. The van der Waals surface area contributed by atoms with Gasteiger partial charge in [0.15, 0.2) is 0 Å². The molecule has 1 N–H and O–H groups in total. The predicted octanol–water partition coefficient (Wildman–Crippen LogP) is 6.06. The summed E-state index contributed by atoms with van der Waals surface area (Å²) in [6.45, 7) is 4.30. The molecule has 2 aliphatic heterocycles. The Bertz CT molecular complexity index is 1770. The molecule has 3 aromatic carbocycles. The maximum Gasteiger partial charge on any atom is 0.338 e. The van der Waals surface area contributed by atoms with Crippen LogP contribution in [-0.4, -0.2) is 34.6 Å². The maximum absolute atomic E-state index is 14.2. The molecule has 1 fully saturated rings. The number of imide groups is 1. The van der Waals surface area contributed by atoms with Crippen molar-refractivity contribution < 1.29 is 23.9 Å². The topological polar surface area (TPSA) is 106 Å². The minimum Gasteiger partial charge on any atom is -0.489 e. The first kappa shape index (κ1) is 28.4. The molecule has 0 bridgehead atoms. The molecule has 2 amide bonds. The number of fused-ring (bicyclic) bond motifs is 2. The molecule has 0 saturated carbocycles. The fraction of sp³-hybridized carbons (Fsp3) is 0.226. The Balaban J connectivity index is 1.40. The van der Waals surface area contributed by atoms with Crippen molar-refractivity contribution in [1.82, 2.24) is 4.98 Å². The number of anilines is 1. The van der Waals surface area contributed by atoms with Gasteiger partial charge in [-0.15, -0.1) is 0 Å². The van der Waals surface area contributed by atoms with Crippen molar-refractivity contribution in [2.24, 2.45) is 5.92 Å². The van der Waals surface area contributed by atoms with E-state index in [0.717, 1.165) is 26.9 Å². The average molecular weight is 666 g/mol. The Morgan fingerprint density at radius 2 is 1.79 bits per heavy atom. The van der Waals surface area contributed by atoms with Gasteiger partial charge in [-0.1, -0.05) is 63.3 Å². The van der Waals surface area contributed by atoms with Gasteiger partial charge < -0.3 is 14.5 Å². The zero-order valence-corrected chi connectivity index (χ0v) is 25.8. The van der Waals surface area contributed by atoms with E-state index in [2.05, 4.69) is 20.9 Å². The van der Waals surface area contributed by atoms with Gasteiger partial charge in [0.05, 0.1) is 28.8 Å². The van der Waals surface area contributed by atoms with Crippen LogP contribution in [0, 0.1) is 12.8 Å². The van der Waals surface area contributed by atoms with E-state index in [4.69, 9.17) is 9.47 Å². The van der Waals surface area contributed by atoms with Crippen molar-refractivity contribution >= 4 is 62.5 Å². The summed E-state index contributed by atoms with van der Waals surface area (Å²) in [6, 6.07) is 19.8. The van der Waals surface area contributed by atoms with Crippen LogP contribution in [0.3, 0.4) is 0 Å². The molecule has 0 radical (unpaired) electrons. The standard InChI is InChI=1S/C31H25BrN2O6S2/c1-3-39-30(37)17-8-11-20(12-9-17)34-28(35)24-23(25-27(33-31(38)42-25)41-26(24)29(34)36)21-14-19(32)10-13-22(21)40-15-18-7-5-4-6-16(18)2/h4-14,23-24,26H,3,15H2,1-2H3,(H,33,38)/t23-,24-,26+/m0/s1. The second-order valence-corrected chi connectivity index (χ2v) is 13.0. The van der Waals surface area contributed by atoms with Crippen LogP contribution < -0.4 is 14.5 Å². The number of esters is 1. The van der Waals surface area contributed by atoms with E-state index in [1.807, 2.05) is 49.4 Å². The number of amides is 2. The fourth-order valence-corrected chi connectivity index (χ4v) is 8.27. The molecule has 214 valence electrons. The summed E-state index contributed by atoms with van der Waals surface area (Å²) in [5, 5.41) is -0.171. The van der Waals surface area contributed by atoms with Crippen molar-refractivity contribution in [2.45, 2.75) is 36.6 Å². The summed E-state index contributed by atoms with van der Waals surface area (Å²) in [4.78, 5) is 57.2. The van der Waals surface area contributed by atoms with Crippen LogP contribution in [0.25, 0.3) is 0 Å². The summed E-state index contributed by atoms with van der Waals surface area (Å²) in [5.41, 5.74) is 3.53. The van der Waals surface area contributed by atoms with Crippen LogP contribution in [0.1, 0.15) is 44.8 Å². The van der Waals surface area contributed by atoms with E-state index < -0.39 is 23.1 Å². The van der Waals surface area contributed by atoms with Gasteiger partial charge in [0.25, 0.3) is 0 Å². The largest absolute Gasteiger partial charge is 0.489 e. The summed E-state index contributed by atoms with van der Waals surface area (Å²) in [7, 11) is 0. The van der Waals surface area contributed by atoms with Crippen LogP contribution >= 0.6 is 39.0 Å². The van der Waals surface area contributed by atoms with Crippen molar-refractivity contribution in [3.63, 3.8) is 0 Å². The number of benzene rings is 3. The number of ether oxygens (including phenoxy) is 2. The number of thioether (sulfide) groups is 1. The zero-order chi connectivity index (χ0) is 29.5. The van der Waals surface area contributed by atoms with Crippen molar-refractivity contribution in [3.05, 3.63) is 108 Å². The lowest BCUT2D eigenvalue weighted by Crippen LogP contribution is -2.32. The summed E-state index contributed by atoms with van der Waals surface area (Å²) < 4.78 is 12.2. The number of H-pyrrole nitrogens is 1. The number of aryl methyl sites for hydroxylation is 1. The summed E-state index contributed by atoms with van der Waals surface area (Å²) in [5.74, 6) is -2.03. The lowest BCUT2D eigenvalue weighted by Gasteiger charge is -2.31. The molecule has 0 aliphatic carbocycles. The number of halogens is 1. The summed E-state index contributed by atoms with van der Waals surface area (Å²) in [6.07, 6.45) is 0. The van der Waals surface area contributed by atoms with Crippen LogP contribution in [0.15, 0.2) is 81.0 Å². The number of rotatable bonds is 7. The van der Waals surface area contributed by atoms with E-state index in [1.54, 1.807) is 31.2 Å². The van der Waals surface area contributed by atoms with Gasteiger partial charge in [0, 0.05) is 20.8 Å². The molecule has 6 rings (SSSR count). The molecule has 4 aromatic rings. The number of hydrogen-bond donors (Lipinski definition) is 1. The predicted molar refractivity (Wildman–Crippen MR) is 164 cm³/mol. The molecular weight excluding hydrogens is 640 g/mol. The van der Waals surface area contributed by atoms with E-state index in [-0.39, 0.29) is 23.3 Å². The molecule has 0 spiro atoms. The minimum absolute atomic E-state index is 0.240. The second-order valence-electron chi connectivity index (χ2n) is 9.93. The van der Waals surface area contributed by atoms with Gasteiger partial charge in [-0.2, -0.15) is 0 Å². The highest BCUT2D eigenvalue weighted by Crippen LogP contribution is 2.54. The molecule has 3 heterocycles. The Morgan fingerprint density at radius 3 is 2.52 bits per heavy atom.